The average molecular weight is 579 g/mol. The molecule has 3 saturated heterocycles. The Morgan fingerprint density at radius 1 is 0.977 bits per heavy atom. The summed E-state index contributed by atoms with van der Waals surface area (Å²) in [7, 11) is 2.04. The molecule has 0 bridgehead atoms. The topological polar surface area (TPSA) is 75.4 Å². The number of nitrogens with zero attached hydrogens (tertiary/aromatic N) is 8. The lowest BCUT2D eigenvalue weighted by Gasteiger charge is -2.34. The summed E-state index contributed by atoms with van der Waals surface area (Å²) in [5.41, 5.74) is 5.24. The lowest BCUT2D eigenvalue weighted by Crippen LogP contribution is -2.43. The van der Waals surface area contributed by atoms with Crippen LogP contribution in [0.4, 0.5) is 11.5 Å². The second-order valence-electron chi connectivity index (χ2n) is 13.0. The maximum absolute atomic E-state index is 6.59. The van der Waals surface area contributed by atoms with Crippen LogP contribution in [0, 0.1) is 0 Å². The summed E-state index contributed by atoms with van der Waals surface area (Å²) in [4.78, 5) is 17.9. The summed E-state index contributed by atoms with van der Waals surface area (Å²) < 4.78 is 8.65. The molecule has 9 heteroatoms. The van der Waals surface area contributed by atoms with Gasteiger partial charge in [-0.3, -0.25) is 4.90 Å². The molecule has 3 fully saturated rings. The monoisotopic (exact) mass is 578 g/mol. The first-order chi connectivity index (χ1) is 21.1. The minimum atomic E-state index is 0.162. The molecule has 0 amide bonds. The van der Waals surface area contributed by atoms with Crippen LogP contribution in [0.1, 0.15) is 67.6 Å². The largest absolute Gasteiger partial charge is 0.461 e. The van der Waals surface area contributed by atoms with Gasteiger partial charge in [-0.15, -0.1) is 10.2 Å². The first kappa shape index (κ1) is 26.9. The minimum absolute atomic E-state index is 0.162. The summed E-state index contributed by atoms with van der Waals surface area (Å²) in [5, 5.41) is 11.3. The van der Waals surface area contributed by atoms with Gasteiger partial charge in [-0.2, -0.15) is 9.97 Å². The fourth-order valence-electron chi connectivity index (χ4n) is 8.36. The van der Waals surface area contributed by atoms with Crippen LogP contribution in [0.15, 0.2) is 42.7 Å². The Hall–Kier alpha value is -3.72. The van der Waals surface area contributed by atoms with E-state index in [1.165, 1.54) is 66.4 Å². The van der Waals surface area contributed by atoms with E-state index in [1.54, 1.807) is 6.33 Å². The molecule has 4 aromatic rings. The number of rotatable bonds is 7. The summed E-state index contributed by atoms with van der Waals surface area (Å²) >= 11 is 0. The Morgan fingerprint density at radius 2 is 1.81 bits per heavy atom. The van der Waals surface area contributed by atoms with E-state index in [-0.39, 0.29) is 5.54 Å². The molecule has 0 aliphatic carbocycles. The van der Waals surface area contributed by atoms with Gasteiger partial charge in [0.25, 0.3) is 0 Å². The van der Waals surface area contributed by atoms with Crippen molar-refractivity contribution in [3.63, 3.8) is 0 Å². The van der Waals surface area contributed by atoms with Crippen molar-refractivity contribution in [3.8, 4) is 6.01 Å². The van der Waals surface area contributed by atoms with Gasteiger partial charge in [-0.1, -0.05) is 37.3 Å². The third-order valence-corrected chi connectivity index (χ3v) is 10.6. The Morgan fingerprint density at radius 3 is 2.60 bits per heavy atom. The van der Waals surface area contributed by atoms with E-state index in [2.05, 4.69) is 72.8 Å². The van der Waals surface area contributed by atoms with Crippen molar-refractivity contribution in [1.82, 2.24) is 29.6 Å². The third-order valence-electron chi connectivity index (χ3n) is 10.6. The van der Waals surface area contributed by atoms with Crippen molar-refractivity contribution >= 4 is 22.3 Å². The maximum Gasteiger partial charge on any atom is 0.318 e. The second-order valence-corrected chi connectivity index (χ2v) is 13.0. The van der Waals surface area contributed by atoms with Crippen LogP contribution in [0.5, 0.6) is 6.01 Å². The molecule has 4 aliphatic heterocycles. The molecule has 0 saturated carbocycles. The lowest BCUT2D eigenvalue weighted by atomic mass is 9.95. The molecule has 1 unspecified atom stereocenters. The van der Waals surface area contributed by atoms with Crippen molar-refractivity contribution in [2.24, 2.45) is 7.05 Å². The predicted octanol–water partition coefficient (Wildman–Crippen LogP) is 4.88. The quantitative estimate of drug-likeness (QED) is 0.307. The van der Waals surface area contributed by atoms with Gasteiger partial charge in [0.2, 0.25) is 0 Å². The SMILES string of the molecule is CCc1cccc2cccc(N3CCc4c(nc(OCC56CCCN5CCC6)nc4N4CCC(c5nncn5C)C4)C3)c12. The predicted molar refractivity (Wildman–Crippen MR) is 169 cm³/mol. The van der Waals surface area contributed by atoms with E-state index in [0.717, 1.165) is 62.8 Å². The standard InChI is InChI=1S/C34H42N8O/c1-3-24-8-4-9-25-10-5-11-29(30(24)25)40-19-13-27-28(21-40)36-33(43-22-34-14-6-16-42(34)17-7-15-34)37-32(27)41-18-12-26(20-41)31-38-35-23-39(31)2/h4-5,8-11,23,26H,3,6-7,12-22H2,1-2H3. The van der Waals surface area contributed by atoms with Gasteiger partial charge in [0.1, 0.15) is 24.6 Å². The fourth-order valence-corrected chi connectivity index (χ4v) is 8.36. The molecule has 224 valence electrons. The molecule has 8 rings (SSSR count). The Bertz CT molecular complexity index is 1630. The van der Waals surface area contributed by atoms with E-state index < -0.39 is 0 Å². The average Bonchev–Trinajstić information content (AvgIpc) is 3.83. The van der Waals surface area contributed by atoms with Crippen molar-refractivity contribution in [3.05, 3.63) is 65.4 Å². The number of hydrogen-bond donors (Lipinski definition) is 0. The number of aromatic nitrogens is 5. The normalized spacial score (nSPS) is 21.5. The van der Waals surface area contributed by atoms with Crippen molar-refractivity contribution < 1.29 is 4.74 Å². The molecular weight excluding hydrogens is 536 g/mol. The molecule has 4 aliphatic rings. The van der Waals surface area contributed by atoms with Crippen molar-refractivity contribution in [2.75, 3.05) is 49.1 Å². The van der Waals surface area contributed by atoms with E-state index in [9.17, 15) is 0 Å². The Balaban J connectivity index is 1.14. The van der Waals surface area contributed by atoms with Gasteiger partial charge in [0.15, 0.2) is 0 Å². The Kier molecular flexibility index (Phi) is 6.73. The van der Waals surface area contributed by atoms with Gasteiger partial charge in [0, 0.05) is 49.2 Å². The summed E-state index contributed by atoms with van der Waals surface area (Å²) in [5.74, 6) is 2.45. The molecule has 9 nitrogen and oxygen atoms in total. The van der Waals surface area contributed by atoms with Crippen LogP contribution in [-0.4, -0.2) is 74.5 Å². The van der Waals surface area contributed by atoms with Crippen LogP contribution < -0.4 is 14.5 Å². The molecule has 0 spiro atoms. The molecule has 0 N–H and O–H groups in total. The van der Waals surface area contributed by atoms with Gasteiger partial charge >= 0.3 is 6.01 Å². The van der Waals surface area contributed by atoms with E-state index in [0.29, 0.717) is 18.5 Å². The fraction of sp³-hybridized carbons (Fsp3) is 0.529. The van der Waals surface area contributed by atoms with Gasteiger partial charge in [0.05, 0.1) is 17.8 Å². The highest BCUT2D eigenvalue weighted by Crippen LogP contribution is 2.40. The number of hydrogen-bond acceptors (Lipinski definition) is 8. The van der Waals surface area contributed by atoms with Crippen LogP contribution >= 0.6 is 0 Å². The zero-order valence-electron chi connectivity index (χ0n) is 25.5. The van der Waals surface area contributed by atoms with Crippen molar-refractivity contribution in [2.45, 2.75) is 69.9 Å². The van der Waals surface area contributed by atoms with Crippen LogP contribution in [0.3, 0.4) is 0 Å². The zero-order valence-corrected chi connectivity index (χ0v) is 25.5. The van der Waals surface area contributed by atoms with E-state index in [4.69, 9.17) is 14.7 Å². The van der Waals surface area contributed by atoms with Crippen LogP contribution in [0.2, 0.25) is 0 Å². The highest BCUT2D eigenvalue weighted by atomic mass is 16.5. The minimum Gasteiger partial charge on any atom is -0.461 e. The smallest absolute Gasteiger partial charge is 0.318 e. The number of aryl methyl sites for hydroxylation is 2. The highest BCUT2D eigenvalue weighted by Gasteiger charge is 2.45. The molecule has 43 heavy (non-hydrogen) atoms. The Labute approximate surface area is 253 Å². The second kappa shape index (κ2) is 10.8. The molecule has 2 aromatic heterocycles. The van der Waals surface area contributed by atoms with Gasteiger partial charge in [-0.25, -0.2) is 0 Å². The van der Waals surface area contributed by atoms with Crippen LogP contribution in [0.25, 0.3) is 10.8 Å². The molecule has 6 heterocycles. The first-order valence-electron chi connectivity index (χ1n) is 16.2. The zero-order chi connectivity index (χ0) is 29.0. The van der Waals surface area contributed by atoms with Crippen LogP contribution in [-0.2, 0) is 26.4 Å². The van der Waals surface area contributed by atoms with Gasteiger partial charge < -0.3 is 19.1 Å². The number of ether oxygens (including phenoxy) is 1. The van der Waals surface area contributed by atoms with Crippen molar-refractivity contribution in [1.29, 1.82) is 0 Å². The maximum atomic E-state index is 6.59. The van der Waals surface area contributed by atoms with E-state index >= 15 is 0 Å². The molecular formula is C34H42N8O. The molecule has 1 atom stereocenters. The summed E-state index contributed by atoms with van der Waals surface area (Å²) in [6, 6.07) is 13.9. The summed E-state index contributed by atoms with van der Waals surface area (Å²) in [6.45, 7) is 8.85. The lowest BCUT2D eigenvalue weighted by molar-refractivity contribution is 0.107. The third kappa shape index (κ3) is 4.63. The number of anilines is 2. The first-order valence-corrected chi connectivity index (χ1v) is 16.2. The molecule has 0 radical (unpaired) electrons. The molecule has 2 aromatic carbocycles. The number of benzene rings is 2. The van der Waals surface area contributed by atoms with Gasteiger partial charge in [-0.05, 0) is 75.1 Å². The summed E-state index contributed by atoms with van der Waals surface area (Å²) in [6.07, 6.45) is 9.73. The number of fused-ring (bicyclic) bond motifs is 3. The van der Waals surface area contributed by atoms with E-state index in [1.807, 2.05) is 7.05 Å². The highest BCUT2D eigenvalue weighted by molar-refractivity contribution is 5.97.